The molecular formula is C13H22N2O. The molecule has 0 radical (unpaired) electrons. The van der Waals surface area contributed by atoms with Crippen LogP contribution in [0, 0.1) is 6.92 Å². The maximum atomic E-state index is 9.37. The summed E-state index contributed by atoms with van der Waals surface area (Å²) in [5.41, 5.74) is 1.19. The van der Waals surface area contributed by atoms with Crippen molar-refractivity contribution in [2.45, 2.75) is 39.7 Å². The van der Waals surface area contributed by atoms with Crippen LogP contribution in [0.25, 0.3) is 0 Å². The van der Waals surface area contributed by atoms with Crippen LogP contribution in [-0.2, 0) is 0 Å². The van der Waals surface area contributed by atoms with E-state index in [2.05, 4.69) is 16.0 Å². The fraction of sp³-hybridized carbons (Fsp3) is 0.615. The van der Waals surface area contributed by atoms with Gasteiger partial charge in [0, 0.05) is 19.3 Å². The Morgan fingerprint density at radius 2 is 1.88 bits per heavy atom. The minimum absolute atomic E-state index is 0.114. The van der Waals surface area contributed by atoms with Gasteiger partial charge in [-0.3, -0.25) is 0 Å². The highest BCUT2D eigenvalue weighted by Crippen LogP contribution is 2.17. The lowest BCUT2D eigenvalue weighted by atomic mass is 10.1. The molecule has 1 aromatic heterocycles. The van der Waals surface area contributed by atoms with E-state index in [4.69, 9.17) is 0 Å². The highest BCUT2D eigenvalue weighted by Gasteiger charge is 2.17. The molecule has 16 heavy (non-hydrogen) atoms. The fourth-order valence-corrected chi connectivity index (χ4v) is 1.74. The summed E-state index contributed by atoms with van der Waals surface area (Å²) in [6.45, 7) is 7.87. The van der Waals surface area contributed by atoms with Crippen molar-refractivity contribution in [1.29, 1.82) is 0 Å². The maximum absolute atomic E-state index is 9.37. The third kappa shape index (κ3) is 3.49. The molecule has 0 atom stereocenters. The van der Waals surface area contributed by atoms with Gasteiger partial charge in [0.2, 0.25) is 0 Å². The molecule has 0 bridgehead atoms. The van der Waals surface area contributed by atoms with Crippen LogP contribution in [0.3, 0.4) is 0 Å². The van der Waals surface area contributed by atoms with Crippen molar-refractivity contribution in [3.05, 3.63) is 23.9 Å². The molecule has 3 nitrogen and oxygen atoms in total. The van der Waals surface area contributed by atoms with Gasteiger partial charge in [-0.1, -0.05) is 19.9 Å². The minimum atomic E-state index is -0.114. The van der Waals surface area contributed by atoms with E-state index in [1.807, 2.05) is 33.0 Å². The van der Waals surface area contributed by atoms with Gasteiger partial charge in [-0.25, -0.2) is 4.98 Å². The topological polar surface area (TPSA) is 36.4 Å². The molecule has 1 saturated heterocycles. The number of anilines is 1. The average molecular weight is 222 g/mol. The molecule has 3 heteroatoms. The van der Waals surface area contributed by atoms with Crippen LogP contribution < -0.4 is 4.90 Å². The third-order valence-electron chi connectivity index (χ3n) is 2.68. The molecular weight excluding hydrogens is 200 g/mol. The molecule has 0 saturated carbocycles. The van der Waals surface area contributed by atoms with E-state index >= 15 is 0 Å². The molecule has 0 amide bonds. The van der Waals surface area contributed by atoms with E-state index in [9.17, 15) is 5.11 Å². The molecule has 0 aromatic carbocycles. The van der Waals surface area contributed by atoms with Gasteiger partial charge in [0.1, 0.15) is 5.82 Å². The number of aryl methyl sites for hydroxylation is 1. The van der Waals surface area contributed by atoms with Crippen molar-refractivity contribution in [1.82, 2.24) is 4.98 Å². The zero-order valence-corrected chi connectivity index (χ0v) is 10.5. The Morgan fingerprint density at radius 1 is 1.25 bits per heavy atom. The zero-order chi connectivity index (χ0) is 12.0. The van der Waals surface area contributed by atoms with E-state index in [-0.39, 0.29) is 6.10 Å². The lowest BCUT2D eigenvalue weighted by Crippen LogP contribution is -2.36. The SMILES string of the molecule is CC.Cc1ccc(N2CCC(O)CC2)nc1. The Kier molecular flexibility index (Phi) is 5.26. The third-order valence-corrected chi connectivity index (χ3v) is 2.68. The van der Waals surface area contributed by atoms with Gasteiger partial charge in [-0.2, -0.15) is 0 Å². The number of piperidine rings is 1. The van der Waals surface area contributed by atoms with E-state index < -0.39 is 0 Å². The molecule has 2 heterocycles. The van der Waals surface area contributed by atoms with Crippen LogP contribution in [-0.4, -0.2) is 29.3 Å². The van der Waals surface area contributed by atoms with Gasteiger partial charge in [-0.15, -0.1) is 0 Å². The first-order chi connectivity index (χ1) is 7.75. The van der Waals surface area contributed by atoms with Crippen LogP contribution in [0.4, 0.5) is 5.82 Å². The Labute approximate surface area is 98.1 Å². The predicted molar refractivity (Wildman–Crippen MR) is 67.8 cm³/mol. The molecule has 0 aliphatic carbocycles. The second-order valence-corrected chi connectivity index (χ2v) is 3.91. The first kappa shape index (κ1) is 13.0. The van der Waals surface area contributed by atoms with Crippen LogP contribution in [0.2, 0.25) is 0 Å². The Hall–Kier alpha value is -1.09. The number of pyridine rings is 1. The van der Waals surface area contributed by atoms with Gasteiger partial charge in [0.15, 0.2) is 0 Å². The second kappa shape index (κ2) is 6.48. The van der Waals surface area contributed by atoms with Crippen LogP contribution in [0.1, 0.15) is 32.3 Å². The molecule has 0 spiro atoms. The first-order valence-electron chi connectivity index (χ1n) is 6.11. The summed E-state index contributed by atoms with van der Waals surface area (Å²) in [6.07, 6.45) is 3.49. The van der Waals surface area contributed by atoms with Gasteiger partial charge in [-0.05, 0) is 31.4 Å². The number of aromatic nitrogens is 1. The van der Waals surface area contributed by atoms with E-state index in [1.165, 1.54) is 5.56 Å². The van der Waals surface area contributed by atoms with Crippen LogP contribution >= 0.6 is 0 Å². The highest BCUT2D eigenvalue weighted by molar-refractivity contribution is 5.39. The number of hydrogen-bond acceptors (Lipinski definition) is 3. The zero-order valence-electron chi connectivity index (χ0n) is 10.5. The molecule has 90 valence electrons. The van der Waals surface area contributed by atoms with Crippen LogP contribution in [0.5, 0.6) is 0 Å². The molecule has 0 unspecified atom stereocenters. The summed E-state index contributed by atoms with van der Waals surface area (Å²) >= 11 is 0. The largest absolute Gasteiger partial charge is 0.393 e. The van der Waals surface area contributed by atoms with Gasteiger partial charge < -0.3 is 10.0 Å². The molecule has 1 aromatic rings. The van der Waals surface area contributed by atoms with Gasteiger partial charge in [0.05, 0.1) is 6.10 Å². The summed E-state index contributed by atoms with van der Waals surface area (Å²) in [6, 6.07) is 4.13. The Balaban J connectivity index is 0.000000606. The quantitative estimate of drug-likeness (QED) is 0.792. The maximum Gasteiger partial charge on any atom is 0.128 e. The molecule has 1 aliphatic heterocycles. The predicted octanol–water partition coefficient (Wildman–Crippen LogP) is 2.38. The van der Waals surface area contributed by atoms with Crippen molar-refractivity contribution < 1.29 is 5.11 Å². The summed E-state index contributed by atoms with van der Waals surface area (Å²) in [5, 5.41) is 9.37. The standard InChI is InChI=1S/C11H16N2O.C2H6/c1-9-2-3-11(12-8-9)13-6-4-10(14)5-7-13;1-2/h2-3,8,10,14H,4-7H2,1H3;1-2H3. The summed E-state index contributed by atoms with van der Waals surface area (Å²) < 4.78 is 0. The molecule has 1 aliphatic rings. The average Bonchev–Trinajstić information content (AvgIpc) is 2.34. The number of aliphatic hydroxyl groups excluding tert-OH is 1. The number of rotatable bonds is 1. The summed E-state index contributed by atoms with van der Waals surface area (Å²) in [5.74, 6) is 1.03. The van der Waals surface area contributed by atoms with Crippen molar-refractivity contribution >= 4 is 5.82 Å². The lowest BCUT2D eigenvalue weighted by molar-refractivity contribution is 0.145. The summed E-state index contributed by atoms with van der Waals surface area (Å²) in [4.78, 5) is 6.60. The van der Waals surface area contributed by atoms with Crippen molar-refractivity contribution in [3.63, 3.8) is 0 Å². The normalized spacial score (nSPS) is 16.6. The minimum Gasteiger partial charge on any atom is -0.393 e. The number of aliphatic hydroxyl groups is 1. The summed E-state index contributed by atoms with van der Waals surface area (Å²) in [7, 11) is 0. The Bertz CT molecular complexity index is 289. The molecule has 1 N–H and O–H groups in total. The highest BCUT2D eigenvalue weighted by atomic mass is 16.3. The fourth-order valence-electron chi connectivity index (χ4n) is 1.74. The Morgan fingerprint density at radius 3 is 2.38 bits per heavy atom. The molecule has 1 fully saturated rings. The lowest BCUT2D eigenvalue weighted by Gasteiger charge is -2.30. The molecule has 2 rings (SSSR count). The van der Waals surface area contributed by atoms with Crippen molar-refractivity contribution in [3.8, 4) is 0 Å². The van der Waals surface area contributed by atoms with Gasteiger partial charge >= 0.3 is 0 Å². The number of hydrogen-bond donors (Lipinski definition) is 1. The van der Waals surface area contributed by atoms with Gasteiger partial charge in [0.25, 0.3) is 0 Å². The van der Waals surface area contributed by atoms with E-state index in [0.717, 1.165) is 31.7 Å². The smallest absolute Gasteiger partial charge is 0.128 e. The van der Waals surface area contributed by atoms with Crippen molar-refractivity contribution in [2.24, 2.45) is 0 Å². The van der Waals surface area contributed by atoms with Crippen molar-refractivity contribution in [2.75, 3.05) is 18.0 Å². The van der Waals surface area contributed by atoms with E-state index in [0.29, 0.717) is 0 Å². The van der Waals surface area contributed by atoms with E-state index in [1.54, 1.807) is 0 Å². The van der Waals surface area contributed by atoms with Crippen LogP contribution in [0.15, 0.2) is 18.3 Å². The first-order valence-corrected chi connectivity index (χ1v) is 6.11. The monoisotopic (exact) mass is 222 g/mol. The second-order valence-electron chi connectivity index (χ2n) is 3.91. The number of nitrogens with zero attached hydrogens (tertiary/aromatic N) is 2.